The highest BCUT2D eigenvalue weighted by molar-refractivity contribution is 4.95. The van der Waals surface area contributed by atoms with Gasteiger partial charge in [0.25, 0.3) is 5.60 Å². The Balaban J connectivity index is 5.21. The minimum absolute atomic E-state index is 0.358. The van der Waals surface area contributed by atoms with Crippen molar-refractivity contribution in [3.05, 3.63) is 0 Å². The van der Waals surface area contributed by atoms with Crippen LogP contribution in [0.1, 0.15) is 6.42 Å². The lowest BCUT2D eigenvalue weighted by Crippen LogP contribution is -2.59. The molecule has 0 saturated heterocycles. The molecule has 86 valence electrons. The average Bonchev–Trinajstić information content (AvgIpc) is 1.94. The molecule has 2 N–H and O–H groups in total. The summed E-state index contributed by atoms with van der Waals surface area (Å²) in [4.78, 5) is 0. The van der Waals surface area contributed by atoms with Crippen LogP contribution in [0.5, 0.6) is 0 Å². The molecule has 0 heterocycles. The summed E-state index contributed by atoms with van der Waals surface area (Å²) in [5, 5.41) is 0. The van der Waals surface area contributed by atoms with Gasteiger partial charge in [0.2, 0.25) is 0 Å². The van der Waals surface area contributed by atoms with Crippen molar-refractivity contribution in [2.75, 3.05) is 13.7 Å². The molecule has 0 radical (unpaired) electrons. The molecule has 0 aliphatic heterocycles. The van der Waals surface area contributed by atoms with E-state index < -0.39 is 30.9 Å². The summed E-state index contributed by atoms with van der Waals surface area (Å²) in [6, 6.07) is 0. The summed E-state index contributed by atoms with van der Waals surface area (Å²) >= 11 is 0. The van der Waals surface area contributed by atoms with Crippen molar-refractivity contribution in [2.24, 2.45) is 5.73 Å². The number of halogens is 6. The second-order valence-corrected chi connectivity index (χ2v) is 2.57. The van der Waals surface area contributed by atoms with Crippen molar-refractivity contribution >= 4 is 0 Å². The van der Waals surface area contributed by atoms with Crippen molar-refractivity contribution in [3.63, 3.8) is 0 Å². The molecule has 0 bridgehead atoms. The second kappa shape index (κ2) is 3.93. The fourth-order valence-electron chi connectivity index (χ4n) is 0.981. The first-order valence-electron chi connectivity index (χ1n) is 3.51. The van der Waals surface area contributed by atoms with Crippen LogP contribution in [-0.4, -0.2) is 31.6 Å². The maximum absolute atomic E-state index is 12.2. The van der Waals surface area contributed by atoms with E-state index in [1.54, 1.807) is 0 Å². The minimum Gasteiger partial charge on any atom is -0.361 e. The smallest absolute Gasteiger partial charge is 0.361 e. The van der Waals surface area contributed by atoms with Gasteiger partial charge < -0.3 is 10.5 Å². The molecule has 0 rings (SSSR count). The van der Waals surface area contributed by atoms with Crippen LogP contribution in [-0.2, 0) is 4.74 Å². The zero-order valence-electron chi connectivity index (χ0n) is 7.17. The van der Waals surface area contributed by atoms with Crippen LogP contribution >= 0.6 is 0 Å². The number of nitrogens with two attached hydrogens (primary N) is 1. The summed E-state index contributed by atoms with van der Waals surface area (Å²) in [6.45, 7) is -0.771. The molecular weight excluding hydrogens is 216 g/mol. The van der Waals surface area contributed by atoms with E-state index in [-0.39, 0.29) is 0 Å². The molecule has 0 unspecified atom stereocenters. The van der Waals surface area contributed by atoms with E-state index in [0.717, 1.165) is 0 Å². The normalized spacial score (nSPS) is 14.6. The molecule has 0 fully saturated rings. The van der Waals surface area contributed by atoms with Gasteiger partial charge in [-0.3, -0.25) is 0 Å². The van der Waals surface area contributed by atoms with E-state index in [0.29, 0.717) is 7.11 Å². The quantitative estimate of drug-likeness (QED) is 0.744. The zero-order valence-corrected chi connectivity index (χ0v) is 7.17. The highest BCUT2D eigenvalue weighted by atomic mass is 19.4. The van der Waals surface area contributed by atoms with E-state index in [1.807, 2.05) is 0 Å². The second-order valence-electron chi connectivity index (χ2n) is 2.57. The Hall–Kier alpha value is -0.500. The van der Waals surface area contributed by atoms with Gasteiger partial charge in [0.1, 0.15) is 0 Å². The first-order chi connectivity index (χ1) is 6.12. The maximum atomic E-state index is 12.2. The molecule has 0 atom stereocenters. The maximum Gasteiger partial charge on any atom is 0.426 e. The average molecular weight is 225 g/mol. The molecule has 0 saturated carbocycles. The van der Waals surface area contributed by atoms with E-state index >= 15 is 0 Å². The molecule has 0 aromatic carbocycles. The Labute approximate surface area is 76.0 Å². The molecule has 0 aromatic rings. The Kier molecular flexibility index (Phi) is 3.79. The van der Waals surface area contributed by atoms with E-state index in [1.165, 1.54) is 0 Å². The van der Waals surface area contributed by atoms with Gasteiger partial charge in [-0.25, -0.2) is 0 Å². The molecule has 0 aliphatic carbocycles. The van der Waals surface area contributed by atoms with Gasteiger partial charge in [-0.15, -0.1) is 0 Å². The molecule has 0 amide bonds. The summed E-state index contributed by atoms with van der Waals surface area (Å²) in [5.74, 6) is 0. The summed E-state index contributed by atoms with van der Waals surface area (Å²) < 4.78 is 76.5. The van der Waals surface area contributed by atoms with E-state index in [2.05, 4.69) is 4.74 Å². The van der Waals surface area contributed by atoms with Gasteiger partial charge >= 0.3 is 12.4 Å². The van der Waals surface area contributed by atoms with Crippen molar-refractivity contribution in [1.82, 2.24) is 0 Å². The standard InChI is InChI=1S/C6H9F6NO/c1-14-4(2-3-13,5(7,8)9)6(10,11)12/h2-3,13H2,1H3. The van der Waals surface area contributed by atoms with Gasteiger partial charge in [-0.05, 0) is 6.54 Å². The van der Waals surface area contributed by atoms with Crippen LogP contribution in [0.2, 0.25) is 0 Å². The Bertz CT molecular complexity index is 172. The van der Waals surface area contributed by atoms with Crippen LogP contribution < -0.4 is 5.73 Å². The van der Waals surface area contributed by atoms with Crippen molar-refractivity contribution < 1.29 is 31.1 Å². The third-order valence-electron chi connectivity index (χ3n) is 1.76. The Morgan fingerprint density at radius 3 is 1.43 bits per heavy atom. The Morgan fingerprint density at radius 2 is 1.36 bits per heavy atom. The van der Waals surface area contributed by atoms with Gasteiger partial charge in [0, 0.05) is 13.5 Å². The summed E-state index contributed by atoms with van der Waals surface area (Å²) in [5.41, 5.74) is 0.546. The lowest BCUT2D eigenvalue weighted by Gasteiger charge is -2.35. The number of hydrogen-bond acceptors (Lipinski definition) is 2. The number of ether oxygens (including phenoxy) is 1. The van der Waals surface area contributed by atoms with Crippen molar-refractivity contribution in [1.29, 1.82) is 0 Å². The fourth-order valence-corrected chi connectivity index (χ4v) is 0.981. The summed E-state index contributed by atoms with van der Waals surface area (Å²) in [6.07, 6.45) is -12.4. The molecule has 8 heteroatoms. The monoisotopic (exact) mass is 225 g/mol. The lowest BCUT2D eigenvalue weighted by molar-refractivity contribution is -0.376. The van der Waals surface area contributed by atoms with Gasteiger partial charge in [0.15, 0.2) is 0 Å². The fraction of sp³-hybridized carbons (Fsp3) is 1.00. The molecule has 2 nitrogen and oxygen atoms in total. The minimum atomic E-state index is -5.53. The number of alkyl halides is 6. The Morgan fingerprint density at radius 1 is 1.00 bits per heavy atom. The van der Waals surface area contributed by atoms with Crippen LogP contribution in [0.25, 0.3) is 0 Å². The van der Waals surface area contributed by atoms with Crippen LogP contribution in [0, 0.1) is 0 Å². The zero-order chi connectivity index (χ0) is 11.6. The molecular formula is C6H9F6NO. The number of methoxy groups -OCH3 is 1. The lowest BCUT2D eigenvalue weighted by atomic mass is 9.98. The number of hydrogen-bond donors (Lipinski definition) is 1. The van der Waals surface area contributed by atoms with E-state index in [4.69, 9.17) is 5.73 Å². The summed E-state index contributed by atoms with van der Waals surface area (Å²) in [7, 11) is 0.358. The highest BCUT2D eigenvalue weighted by Gasteiger charge is 2.71. The predicted molar refractivity (Wildman–Crippen MR) is 35.5 cm³/mol. The first kappa shape index (κ1) is 13.5. The number of rotatable bonds is 3. The largest absolute Gasteiger partial charge is 0.426 e. The van der Waals surface area contributed by atoms with Crippen molar-refractivity contribution in [3.8, 4) is 0 Å². The predicted octanol–water partition coefficient (Wildman–Crippen LogP) is 1.84. The third-order valence-corrected chi connectivity index (χ3v) is 1.76. The van der Waals surface area contributed by atoms with Crippen LogP contribution in [0.3, 0.4) is 0 Å². The molecule has 0 aromatic heterocycles. The van der Waals surface area contributed by atoms with Crippen molar-refractivity contribution in [2.45, 2.75) is 24.4 Å². The highest BCUT2D eigenvalue weighted by Crippen LogP contribution is 2.47. The van der Waals surface area contributed by atoms with Gasteiger partial charge in [-0.1, -0.05) is 0 Å². The van der Waals surface area contributed by atoms with Gasteiger partial charge in [0.05, 0.1) is 0 Å². The molecule has 0 aliphatic rings. The third kappa shape index (κ3) is 2.11. The van der Waals surface area contributed by atoms with Crippen LogP contribution in [0.4, 0.5) is 26.3 Å². The molecule has 14 heavy (non-hydrogen) atoms. The molecule has 0 spiro atoms. The SMILES string of the molecule is COC(CCN)(C(F)(F)F)C(F)(F)F. The topological polar surface area (TPSA) is 35.2 Å². The first-order valence-corrected chi connectivity index (χ1v) is 3.51. The van der Waals surface area contributed by atoms with Crippen LogP contribution in [0.15, 0.2) is 0 Å². The van der Waals surface area contributed by atoms with Gasteiger partial charge in [-0.2, -0.15) is 26.3 Å². The van der Waals surface area contributed by atoms with E-state index in [9.17, 15) is 26.3 Å².